The molecule has 0 aromatic heterocycles. The number of nitrogens with zero attached hydrogens (tertiary/aromatic N) is 1. The topological polar surface area (TPSA) is 74.8 Å². The van der Waals surface area contributed by atoms with Gasteiger partial charge < -0.3 is 15.4 Å². The molecule has 1 aromatic rings. The standard InChI is InChI=1S/C20H32N4O2/c1-6-21-18(24-17-13-14(17)2)22-12-11-15-7-9-16(10-8-15)23-19(25)26-20(3,4)5/h7-10,14,17H,6,11-13H2,1-5H3,(H,23,25)(H2,21,22,24). The number of guanidine groups is 1. The van der Waals surface area contributed by atoms with Crippen LogP contribution in [-0.2, 0) is 11.2 Å². The lowest BCUT2D eigenvalue weighted by molar-refractivity contribution is 0.0636. The van der Waals surface area contributed by atoms with E-state index < -0.39 is 11.7 Å². The number of benzene rings is 1. The fourth-order valence-electron chi connectivity index (χ4n) is 2.49. The van der Waals surface area contributed by atoms with E-state index in [9.17, 15) is 4.79 Å². The highest BCUT2D eigenvalue weighted by atomic mass is 16.6. The van der Waals surface area contributed by atoms with Crippen molar-refractivity contribution in [2.45, 2.75) is 59.1 Å². The van der Waals surface area contributed by atoms with Crippen LogP contribution >= 0.6 is 0 Å². The number of hydrogen-bond donors (Lipinski definition) is 3. The summed E-state index contributed by atoms with van der Waals surface area (Å²) in [6.45, 7) is 11.4. The lowest BCUT2D eigenvalue weighted by Gasteiger charge is -2.19. The summed E-state index contributed by atoms with van der Waals surface area (Å²) < 4.78 is 5.25. The molecule has 2 atom stereocenters. The second-order valence-electron chi connectivity index (χ2n) is 7.80. The number of rotatable bonds is 6. The lowest BCUT2D eigenvalue weighted by atomic mass is 10.1. The number of hydrogen-bond acceptors (Lipinski definition) is 3. The predicted molar refractivity (Wildman–Crippen MR) is 107 cm³/mol. The Hall–Kier alpha value is -2.24. The SMILES string of the molecule is CCNC(=NCCc1ccc(NC(=O)OC(C)(C)C)cc1)NC1CC1C. The lowest BCUT2D eigenvalue weighted by Crippen LogP contribution is -2.39. The maximum atomic E-state index is 11.8. The van der Waals surface area contributed by atoms with Gasteiger partial charge in [-0.15, -0.1) is 0 Å². The Bertz CT molecular complexity index is 620. The van der Waals surface area contributed by atoms with Crippen molar-refractivity contribution in [2.75, 3.05) is 18.4 Å². The number of anilines is 1. The molecule has 1 saturated carbocycles. The summed E-state index contributed by atoms with van der Waals surface area (Å²) in [5.41, 5.74) is 1.40. The molecule has 0 heterocycles. The number of carbonyl (C=O) groups excluding carboxylic acids is 1. The van der Waals surface area contributed by atoms with E-state index in [0.29, 0.717) is 6.04 Å². The quantitative estimate of drug-likeness (QED) is 0.536. The Balaban J connectivity index is 1.80. The molecule has 6 nitrogen and oxygen atoms in total. The van der Waals surface area contributed by atoms with E-state index >= 15 is 0 Å². The summed E-state index contributed by atoms with van der Waals surface area (Å²) in [5, 5.41) is 9.48. The summed E-state index contributed by atoms with van der Waals surface area (Å²) in [4.78, 5) is 16.4. The van der Waals surface area contributed by atoms with Crippen molar-refractivity contribution in [2.24, 2.45) is 10.9 Å². The molecule has 26 heavy (non-hydrogen) atoms. The molecule has 1 aromatic carbocycles. The molecule has 1 aliphatic rings. The molecule has 0 spiro atoms. The van der Waals surface area contributed by atoms with Gasteiger partial charge in [0.15, 0.2) is 5.96 Å². The maximum Gasteiger partial charge on any atom is 0.412 e. The van der Waals surface area contributed by atoms with Gasteiger partial charge in [-0.2, -0.15) is 0 Å². The van der Waals surface area contributed by atoms with Gasteiger partial charge in [-0.1, -0.05) is 19.1 Å². The maximum absolute atomic E-state index is 11.8. The largest absolute Gasteiger partial charge is 0.444 e. The smallest absolute Gasteiger partial charge is 0.412 e. The number of ether oxygens (including phenoxy) is 1. The van der Waals surface area contributed by atoms with Crippen LogP contribution in [0.4, 0.5) is 10.5 Å². The summed E-state index contributed by atoms with van der Waals surface area (Å²) in [5.74, 6) is 1.63. The van der Waals surface area contributed by atoms with E-state index in [1.54, 1.807) is 0 Å². The average Bonchev–Trinajstić information content (AvgIpc) is 3.22. The van der Waals surface area contributed by atoms with Crippen LogP contribution < -0.4 is 16.0 Å². The first-order valence-electron chi connectivity index (χ1n) is 9.40. The van der Waals surface area contributed by atoms with Crippen molar-refractivity contribution in [3.05, 3.63) is 29.8 Å². The summed E-state index contributed by atoms with van der Waals surface area (Å²) in [7, 11) is 0. The zero-order chi connectivity index (χ0) is 19.2. The molecule has 0 radical (unpaired) electrons. The van der Waals surface area contributed by atoms with E-state index in [4.69, 9.17) is 4.74 Å². The van der Waals surface area contributed by atoms with Crippen molar-refractivity contribution in [1.29, 1.82) is 0 Å². The third kappa shape index (κ3) is 7.33. The van der Waals surface area contributed by atoms with Gasteiger partial charge in [0.2, 0.25) is 0 Å². The van der Waals surface area contributed by atoms with Gasteiger partial charge in [0.05, 0.1) is 0 Å². The Morgan fingerprint density at radius 3 is 2.46 bits per heavy atom. The molecule has 1 aliphatic carbocycles. The third-order valence-corrected chi connectivity index (χ3v) is 4.05. The Morgan fingerprint density at radius 2 is 1.92 bits per heavy atom. The first kappa shape index (κ1) is 20.1. The molecule has 1 amide bonds. The molecular formula is C20H32N4O2. The minimum atomic E-state index is -0.501. The Kier molecular flexibility index (Phi) is 6.89. The van der Waals surface area contributed by atoms with E-state index in [0.717, 1.165) is 37.1 Å². The van der Waals surface area contributed by atoms with E-state index in [1.165, 1.54) is 12.0 Å². The van der Waals surface area contributed by atoms with Crippen LogP contribution in [0.2, 0.25) is 0 Å². The minimum absolute atomic E-state index is 0.439. The summed E-state index contributed by atoms with van der Waals surface area (Å²) in [6, 6.07) is 8.35. The van der Waals surface area contributed by atoms with Crippen molar-refractivity contribution in [3.8, 4) is 0 Å². The molecular weight excluding hydrogens is 328 g/mol. The van der Waals surface area contributed by atoms with Gasteiger partial charge in [-0.25, -0.2) is 4.79 Å². The van der Waals surface area contributed by atoms with Gasteiger partial charge in [0.25, 0.3) is 0 Å². The highest BCUT2D eigenvalue weighted by molar-refractivity contribution is 5.84. The Morgan fingerprint density at radius 1 is 1.27 bits per heavy atom. The van der Waals surface area contributed by atoms with Crippen molar-refractivity contribution in [3.63, 3.8) is 0 Å². The number of carbonyl (C=O) groups is 1. The van der Waals surface area contributed by atoms with E-state index in [2.05, 4.69) is 34.8 Å². The van der Waals surface area contributed by atoms with Crippen LogP contribution in [0.3, 0.4) is 0 Å². The van der Waals surface area contributed by atoms with Crippen molar-refractivity contribution in [1.82, 2.24) is 10.6 Å². The van der Waals surface area contributed by atoms with Gasteiger partial charge in [-0.05, 0) is 64.2 Å². The molecule has 1 fully saturated rings. The zero-order valence-electron chi connectivity index (χ0n) is 16.6. The van der Waals surface area contributed by atoms with Gasteiger partial charge >= 0.3 is 6.09 Å². The molecule has 144 valence electrons. The molecule has 0 saturated heterocycles. The van der Waals surface area contributed by atoms with Crippen molar-refractivity contribution >= 4 is 17.7 Å². The summed E-state index contributed by atoms with van der Waals surface area (Å²) in [6.07, 6.45) is 1.63. The fraction of sp³-hybridized carbons (Fsp3) is 0.600. The highest BCUT2D eigenvalue weighted by Gasteiger charge is 2.33. The second kappa shape index (κ2) is 8.92. The number of amides is 1. The average molecular weight is 361 g/mol. The first-order valence-corrected chi connectivity index (χ1v) is 9.40. The Labute approximate surface area is 156 Å². The van der Waals surface area contributed by atoms with Crippen LogP contribution in [0.25, 0.3) is 0 Å². The van der Waals surface area contributed by atoms with Crippen LogP contribution in [-0.4, -0.2) is 36.8 Å². The van der Waals surface area contributed by atoms with E-state index in [1.807, 2.05) is 45.0 Å². The van der Waals surface area contributed by atoms with Gasteiger partial charge in [0.1, 0.15) is 5.60 Å². The second-order valence-corrected chi connectivity index (χ2v) is 7.80. The third-order valence-electron chi connectivity index (χ3n) is 4.05. The predicted octanol–water partition coefficient (Wildman–Crippen LogP) is 3.54. The molecule has 2 rings (SSSR count). The van der Waals surface area contributed by atoms with E-state index in [-0.39, 0.29) is 0 Å². The van der Waals surface area contributed by atoms with Crippen LogP contribution in [0.15, 0.2) is 29.3 Å². The monoisotopic (exact) mass is 360 g/mol. The van der Waals surface area contributed by atoms with Gasteiger partial charge in [-0.3, -0.25) is 10.3 Å². The van der Waals surface area contributed by atoms with Crippen LogP contribution in [0.5, 0.6) is 0 Å². The van der Waals surface area contributed by atoms with Crippen LogP contribution in [0.1, 0.15) is 46.6 Å². The number of aliphatic imine (C=N–C) groups is 1. The molecule has 2 unspecified atom stereocenters. The van der Waals surface area contributed by atoms with Crippen LogP contribution in [0, 0.1) is 5.92 Å². The zero-order valence-corrected chi connectivity index (χ0v) is 16.6. The number of nitrogens with one attached hydrogen (secondary N) is 3. The molecule has 0 aliphatic heterocycles. The molecule has 3 N–H and O–H groups in total. The highest BCUT2D eigenvalue weighted by Crippen LogP contribution is 2.28. The molecule has 6 heteroatoms. The fourth-order valence-corrected chi connectivity index (χ4v) is 2.49. The minimum Gasteiger partial charge on any atom is -0.444 e. The normalized spacial score (nSPS) is 19.7. The van der Waals surface area contributed by atoms with Gasteiger partial charge in [0, 0.05) is 24.8 Å². The summed E-state index contributed by atoms with van der Waals surface area (Å²) >= 11 is 0. The van der Waals surface area contributed by atoms with Crippen molar-refractivity contribution < 1.29 is 9.53 Å². The first-order chi connectivity index (χ1) is 12.3. The molecule has 0 bridgehead atoms.